The molecule has 1 fully saturated rings. The van der Waals surface area contributed by atoms with E-state index in [2.05, 4.69) is 28.8 Å². The smallest absolute Gasteiger partial charge is 0.185 e. The SMILES string of the molecule is CCC1CN(c2ncc(CN)s2)CCN1C. The Morgan fingerprint density at radius 1 is 1.56 bits per heavy atom. The zero-order valence-corrected chi connectivity index (χ0v) is 10.8. The van der Waals surface area contributed by atoms with Crippen molar-refractivity contribution in [3.63, 3.8) is 0 Å². The standard InChI is InChI=1S/C11H20N4S/c1-3-9-8-15(5-4-14(9)2)11-13-7-10(6-12)16-11/h7,9H,3-6,8,12H2,1-2H3. The van der Waals surface area contributed by atoms with E-state index in [9.17, 15) is 0 Å². The highest BCUT2D eigenvalue weighted by molar-refractivity contribution is 7.15. The number of hydrogen-bond donors (Lipinski definition) is 1. The van der Waals surface area contributed by atoms with Crippen LogP contribution in [0.2, 0.25) is 0 Å². The van der Waals surface area contributed by atoms with E-state index in [1.54, 1.807) is 11.3 Å². The average molecular weight is 240 g/mol. The molecular weight excluding hydrogens is 220 g/mol. The fraction of sp³-hybridized carbons (Fsp3) is 0.727. The van der Waals surface area contributed by atoms with Crippen molar-refractivity contribution < 1.29 is 0 Å². The number of likely N-dealkylation sites (N-methyl/N-ethyl adjacent to an activating group) is 1. The van der Waals surface area contributed by atoms with Crippen LogP contribution in [0.15, 0.2) is 6.20 Å². The Morgan fingerprint density at radius 2 is 2.38 bits per heavy atom. The van der Waals surface area contributed by atoms with E-state index >= 15 is 0 Å². The molecule has 5 heteroatoms. The average Bonchev–Trinajstić information content (AvgIpc) is 2.78. The Labute approximate surface area is 101 Å². The van der Waals surface area contributed by atoms with Gasteiger partial charge in [0.25, 0.3) is 0 Å². The first-order valence-electron chi connectivity index (χ1n) is 5.84. The molecule has 4 nitrogen and oxygen atoms in total. The van der Waals surface area contributed by atoms with Crippen LogP contribution in [0.5, 0.6) is 0 Å². The summed E-state index contributed by atoms with van der Waals surface area (Å²) in [6.45, 7) is 6.13. The van der Waals surface area contributed by atoms with Gasteiger partial charge in [-0.3, -0.25) is 4.90 Å². The molecule has 0 radical (unpaired) electrons. The van der Waals surface area contributed by atoms with E-state index < -0.39 is 0 Å². The molecule has 0 saturated carbocycles. The predicted octanol–water partition coefficient (Wildman–Crippen LogP) is 1.13. The summed E-state index contributed by atoms with van der Waals surface area (Å²) in [5, 5.41) is 1.13. The van der Waals surface area contributed by atoms with Crippen LogP contribution in [0.25, 0.3) is 0 Å². The minimum Gasteiger partial charge on any atom is -0.345 e. The lowest BCUT2D eigenvalue weighted by molar-refractivity contribution is 0.213. The summed E-state index contributed by atoms with van der Waals surface area (Å²) >= 11 is 1.72. The van der Waals surface area contributed by atoms with Crippen molar-refractivity contribution in [3.8, 4) is 0 Å². The molecule has 0 bridgehead atoms. The van der Waals surface area contributed by atoms with Crippen LogP contribution in [0, 0.1) is 0 Å². The summed E-state index contributed by atoms with van der Waals surface area (Å²) in [6, 6.07) is 0.652. The number of anilines is 1. The van der Waals surface area contributed by atoms with Crippen molar-refractivity contribution in [2.75, 3.05) is 31.6 Å². The number of rotatable bonds is 3. The Morgan fingerprint density at radius 3 is 3.00 bits per heavy atom. The van der Waals surface area contributed by atoms with Crippen molar-refractivity contribution in [2.45, 2.75) is 25.9 Å². The molecule has 1 saturated heterocycles. The molecule has 1 unspecified atom stereocenters. The fourth-order valence-electron chi connectivity index (χ4n) is 2.10. The van der Waals surface area contributed by atoms with Gasteiger partial charge in [0.1, 0.15) is 0 Å². The molecule has 2 N–H and O–H groups in total. The van der Waals surface area contributed by atoms with Gasteiger partial charge in [0.15, 0.2) is 5.13 Å². The van der Waals surface area contributed by atoms with Gasteiger partial charge in [-0.05, 0) is 13.5 Å². The first kappa shape index (κ1) is 11.8. The molecule has 90 valence electrons. The highest BCUT2D eigenvalue weighted by Gasteiger charge is 2.24. The molecule has 1 aromatic heterocycles. The molecule has 2 heterocycles. The van der Waals surface area contributed by atoms with Crippen LogP contribution >= 0.6 is 11.3 Å². The molecule has 2 rings (SSSR count). The first-order valence-corrected chi connectivity index (χ1v) is 6.66. The van der Waals surface area contributed by atoms with Crippen LogP contribution < -0.4 is 10.6 Å². The summed E-state index contributed by atoms with van der Waals surface area (Å²) in [7, 11) is 2.21. The maximum absolute atomic E-state index is 5.61. The van der Waals surface area contributed by atoms with E-state index in [0.29, 0.717) is 12.6 Å². The second kappa shape index (κ2) is 5.12. The predicted molar refractivity (Wildman–Crippen MR) is 68.9 cm³/mol. The van der Waals surface area contributed by atoms with E-state index in [1.165, 1.54) is 11.3 Å². The molecule has 16 heavy (non-hydrogen) atoms. The van der Waals surface area contributed by atoms with Gasteiger partial charge in [-0.15, -0.1) is 11.3 Å². The Kier molecular flexibility index (Phi) is 3.78. The maximum Gasteiger partial charge on any atom is 0.185 e. The van der Waals surface area contributed by atoms with Gasteiger partial charge in [-0.1, -0.05) is 6.92 Å². The topological polar surface area (TPSA) is 45.4 Å². The minimum atomic E-state index is 0.600. The molecule has 1 aliphatic heterocycles. The van der Waals surface area contributed by atoms with E-state index in [0.717, 1.165) is 24.8 Å². The highest BCUT2D eigenvalue weighted by atomic mass is 32.1. The number of nitrogens with zero attached hydrogens (tertiary/aromatic N) is 3. The third-order valence-corrected chi connectivity index (χ3v) is 4.34. The summed E-state index contributed by atoms with van der Waals surface area (Å²) in [4.78, 5) is 10.4. The number of piperazine rings is 1. The van der Waals surface area contributed by atoms with E-state index in [-0.39, 0.29) is 0 Å². The summed E-state index contributed by atoms with van der Waals surface area (Å²) < 4.78 is 0. The maximum atomic E-state index is 5.61. The molecule has 1 atom stereocenters. The Bertz CT molecular complexity index is 338. The normalized spacial score (nSPS) is 22.7. The van der Waals surface area contributed by atoms with E-state index in [4.69, 9.17) is 5.73 Å². The zero-order chi connectivity index (χ0) is 11.5. The zero-order valence-electron chi connectivity index (χ0n) is 10.0. The van der Waals surface area contributed by atoms with Gasteiger partial charge in [0, 0.05) is 43.3 Å². The summed E-state index contributed by atoms with van der Waals surface area (Å²) in [6.07, 6.45) is 3.10. The number of hydrogen-bond acceptors (Lipinski definition) is 5. The second-order valence-electron chi connectivity index (χ2n) is 4.30. The van der Waals surface area contributed by atoms with Crippen molar-refractivity contribution >= 4 is 16.5 Å². The molecule has 0 amide bonds. The van der Waals surface area contributed by atoms with Crippen molar-refractivity contribution in [1.29, 1.82) is 0 Å². The lowest BCUT2D eigenvalue weighted by Gasteiger charge is -2.39. The summed E-state index contributed by atoms with van der Waals surface area (Å²) in [5.74, 6) is 0. The van der Waals surface area contributed by atoms with Crippen LogP contribution in [0.1, 0.15) is 18.2 Å². The van der Waals surface area contributed by atoms with Crippen molar-refractivity contribution in [1.82, 2.24) is 9.88 Å². The molecular formula is C11H20N4S. The van der Waals surface area contributed by atoms with Gasteiger partial charge in [-0.25, -0.2) is 4.98 Å². The van der Waals surface area contributed by atoms with Crippen molar-refractivity contribution in [3.05, 3.63) is 11.1 Å². The quantitative estimate of drug-likeness (QED) is 0.860. The van der Waals surface area contributed by atoms with Gasteiger partial charge in [0.2, 0.25) is 0 Å². The third kappa shape index (κ3) is 2.36. The molecule has 0 spiro atoms. The number of thiazole rings is 1. The van der Waals surface area contributed by atoms with Crippen LogP contribution in [0.3, 0.4) is 0 Å². The van der Waals surface area contributed by atoms with Gasteiger partial charge < -0.3 is 10.6 Å². The van der Waals surface area contributed by atoms with Crippen LogP contribution in [-0.2, 0) is 6.54 Å². The van der Waals surface area contributed by atoms with Gasteiger partial charge >= 0.3 is 0 Å². The number of aromatic nitrogens is 1. The molecule has 0 aromatic carbocycles. The number of nitrogens with two attached hydrogens (primary N) is 1. The largest absolute Gasteiger partial charge is 0.345 e. The lowest BCUT2D eigenvalue weighted by Crippen LogP contribution is -2.51. The third-order valence-electron chi connectivity index (χ3n) is 3.26. The Balaban J connectivity index is 2.05. The lowest BCUT2D eigenvalue weighted by atomic mass is 10.1. The van der Waals surface area contributed by atoms with Gasteiger partial charge in [-0.2, -0.15) is 0 Å². The monoisotopic (exact) mass is 240 g/mol. The molecule has 1 aromatic rings. The minimum absolute atomic E-state index is 0.600. The second-order valence-corrected chi connectivity index (χ2v) is 5.40. The first-order chi connectivity index (χ1) is 7.74. The van der Waals surface area contributed by atoms with Crippen molar-refractivity contribution in [2.24, 2.45) is 5.73 Å². The Hall–Kier alpha value is -0.650. The van der Waals surface area contributed by atoms with Gasteiger partial charge in [0.05, 0.1) is 0 Å². The highest BCUT2D eigenvalue weighted by Crippen LogP contribution is 2.24. The molecule has 0 aliphatic carbocycles. The summed E-state index contributed by atoms with van der Waals surface area (Å²) in [5.41, 5.74) is 5.61. The fourth-order valence-corrected chi connectivity index (χ4v) is 2.92. The van der Waals surface area contributed by atoms with E-state index in [1.807, 2.05) is 6.20 Å². The van der Waals surface area contributed by atoms with Crippen LogP contribution in [0.4, 0.5) is 5.13 Å². The molecule has 1 aliphatic rings. The van der Waals surface area contributed by atoms with Crippen LogP contribution in [-0.4, -0.2) is 42.6 Å².